The highest BCUT2D eigenvalue weighted by Gasteiger charge is 2.31. The van der Waals surface area contributed by atoms with Gasteiger partial charge in [-0.2, -0.15) is 4.37 Å². The van der Waals surface area contributed by atoms with Crippen LogP contribution in [0.25, 0.3) is 11.1 Å². The molecule has 1 fully saturated rings. The molecule has 106 valence electrons. The molecule has 0 amide bonds. The van der Waals surface area contributed by atoms with Gasteiger partial charge in [0, 0.05) is 30.5 Å². The minimum atomic E-state index is 0.588. The zero-order valence-corrected chi connectivity index (χ0v) is 12.7. The van der Waals surface area contributed by atoms with E-state index in [4.69, 9.17) is 5.73 Å². The van der Waals surface area contributed by atoms with Crippen LogP contribution in [0.1, 0.15) is 26.7 Å². The van der Waals surface area contributed by atoms with Gasteiger partial charge in [0.1, 0.15) is 10.8 Å². The molecule has 1 saturated heterocycles. The second-order valence-electron chi connectivity index (χ2n) is 5.64. The molecule has 0 aromatic carbocycles. The molecule has 1 aliphatic heterocycles. The Kier molecular flexibility index (Phi) is 3.61. The Balaban J connectivity index is 2.03. The molecule has 0 aliphatic carbocycles. The van der Waals surface area contributed by atoms with Crippen LogP contribution < -0.4 is 10.6 Å². The Labute approximate surface area is 123 Å². The van der Waals surface area contributed by atoms with E-state index in [2.05, 4.69) is 34.2 Å². The fourth-order valence-corrected chi connectivity index (χ4v) is 3.93. The Morgan fingerprint density at radius 3 is 3.00 bits per heavy atom. The second kappa shape index (κ2) is 5.40. The van der Waals surface area contributed by atoms with Crippen molar-refractivity contribution in [3.05, 3.63) is 24.5 Å². The number of nitrogens with zero attached hydrogens (tertiary/aromatic N) is 3. The summed E-state index contributed by atoms with van der Waals surface area (Å²) in [4.78, 5) is 6.69. The van der Waals surface area contributed by atoms with Gasteiger partial charge in [0.25, 0.3) is 0 Å². The van der Waals surface area contributed by atoms with Crippen molar-refractivity contribution in [1.82, 2.24) is 9.36 Å². The van der Waals surface area contributed by atoms with Crippen LogP contribution in [0.4, 0.5) is 10.8 Å². The van der Waals surface area contributed by atoms with Gasteiger partial charge in [-0.1, -0.05) is 19.9 Å². The SMILES string of the molecule is CC(C)C1CCCN1c1snc(N)c1-c1cccnc1. The first-order valence-electron chi connectivity index (χ1n) is 7.10. The lowest BCUT2D eigenvalue weighted by molar-refractivity contribution is 0.493. The van der Waals surface area contributed by atoms with Crippen LogP contribution in [0, 0.1) is 5.92 Å². The summed E-state index contributed by atoms with van der Waals surface area (Å²) in [6, 6.07) is 4.59. The smallest absolute Gasteiger partial charge is 0.147 e. The summed E-state index contributed by atoms with van der Waals surface area (Å²) >= 11 is 1.51. The molecule has 1 unspecified atom stereocenters. The van der Waals surface area contributed by atoms with E-state index in [1.54, 1.807) is 6.20 Å². The molecular formula is C15H20N4S. The molecule has 2 aromatic heterocycles. The Morgan fingerprint density at radius 2 is 2.30 bits per heavy atom. The van der Waals surface area contributed by atoms with E-state index in [0.29, 0.717) is 17.8 Å². The van der Waals surface area contributed by atoms with Gasteiger partial charge in [0.05, 0.1) is 5.56 Å². The van der Waals surface area contributed by atoms with Crippen molar-refractivity contribution in [3.63, 3.8) is 0 Å². The van der Waals surface area contributed by atoms with Crippen molar-refractivity contribution in [1.29, 1.82) is 0 Å². The quantitative estimate of drug-likeness (QED) is 0.940. The van der Waals surface area contributed by atoms with E-state index >= 15 is 0 Å². The van der Waals surface area contributed by atoms with Crippen LogP contribution >= 0.6 is 11.5 Å². The van der Waals surface area contributed by atoms with E-state index in [9.17, 15) is 0 Å². The molecule has 4 nitrogen and oxygen atoms in total. The molecule has 1 aliphatic rings. The molecular weight excluding hydrogens is 268 g/mol. The number of nitrogens with two attached hydrogens (primary N) is 1. The minimum Gasteiger partial charge on any atom is -0.382 e. The number of pyridine rings is 1. The predicted molar refractivity (Wildman–Crippen MR) is 85.0 cm³/mol. The first kappa shape index (κ1) is 13.4. The Morgan fingerprint density at radius 1 is 1.45 bits per heavy atom. The van der Waals surface area contributed by atoms with Gasteiger partial charge in [0.15, 0.2) is 0 Å². The lowest BCUT2D eigenvalue weighted by Crippen LogP contribution is -2.33. The number of anilines is 2. The maximum Gasteiger partial charge on any atom is 0.147 e. The number of rotatable bonds is 3. The molecule has 2 N–H and O–H groups in total. The highest BCUT2D eigenvalue weighted by atomic mass is 32.1. The molecule has 20 heavy (non-hydrogen) atoms. The first-order chi connectivity index (χ1) is 9.68. The molecule has 0 radical (unpaired) electrons. The summed E-state index contributed by atoms with van der Waals surface area (Å²) in [7, 11) is 0. The lowest BCUT2D eigenvalue weighted by atomic mass is 10.0. The summed E-state index contributed by atoms with van der Waals surface area (Å²) in [6.45, 7) is 5.67. The lowest BCUT2D eigenvalue weighted by Gasteiger charge is -2.29. The molecule has 0 bridgehead atoms. The second-order valence-corrected chi connectivity index (χ2v) is 6.39. The molecule has 1 atom stereocenters. The van der Waals surface area contributed by atoms with E-state index < -0.39 is 0 Å². The highest BCUT2D eigenvalue weighted by molar-refractivity contribution is 7.11. The molecule has 0 saturated carbocycles. The molecule has 5 heteroatoms. The molecule has 3 heterocycles. The number of hydrogen-bond acceptors (Lipinski definition) is 5. The topological polar surface area (TPSA) is 55.0 Å². The highest BCUT2D eigenvalue weighted by Crippen LogP contribution is 2.42. The number of aromatic nitrogens is 2. The molecule has 2 aromatic rings. The zero-order valence-electron chi connectivity index (χ0n) is 11.9. The van der Waals surface area contributed by atoms with Crippen LogP contribution in [0.15, 0.2) is 24.5 Å². The van der Waals surface area contributed by atoms with Crippen molar-refractivity contribution in [2.75, 3.05) is 17.2 Å². The van der Waals surface area contributed by atoms with Gasteiger partial charge in [-0.25, -0.2) is 0 Å². The van der Waals surface area contributed by atoms with Gasteiger partial charge in [-0.3, -0.25) is 4.98 Å². The van der Waals surface area contributed by atoms with Gasteiger partial charge < -0.3 is 10.6 Å². The minimum absolute atomic E-state index is 0.588. The maximum absolute atomic E-state index is 6.11. The number of nitrogen functional groups attached to an aromatic ring is 1. The average molecular weight is 288 g/mol. The van der Waals surface area contributed by atoms with Gasteiger partial charge >= 0.3 is 0 Å². The normalized spacial score (nSPS) is 18.9. The van der Waals surface area contributed by atoms with Crippen LogP contribution in [-0.4, -0.2) is 21.9 Å². The maximum atomic E-state index is 6.11. The third-order valence-corrected chi connectivity index (χ3v) is 4.88. The largest absolute Gasteiger partial charge is 0.382 e. The summed E-state index contributed by atoms with van der Waals surface area (Å²) in [5.74, 6) is 1.26. The summed E-state index contributed by atoms with van der Waals surface area (Å²) < 4.78 is 4.38. The van der Waals surface area contributed by atoms with E-state index in [1.807, 2.05) is 12.3 Å². The van der Waals surface area contributed by atoms with Crippen molar-refractivity contribution in [2.45, 2.75) is 32.7 Å². The average Bonchev–Trinajstić information content (AvgIpc) is 3.05. The third kappa shape index (κ3) is 2.26. The Bertz CT molecular complexity index is 579. The van der Waals surface area contributed by atoms with Crippen molar-refractivity contribution in [3.8, 4) is 11.1 Å². The zero-order chi connectivity index (χ0) is 14.1. The Hall–Kier alpha value is -1.62. The van der Waals surface area contributed by atoms with Crippen molar-refractivity contribution in [2.24, 2.45) is 5.92 Å². The van der Waals surface area contributed by atoms with Gasteiger partial charge in [-0.15, -0.1) is 0 Å². The van der Waals surface area contributed by atoms with Crippen LogP contribution in [-0.2, 0) is 0 Å². The fraction of sp³-hybridized carbons (Fsp3) is 0.467. The van der Waals surface area contributed by atoms with Crippen LogP contribution in [0.5, 0.6) is 0 Å². The van der Waals surface area contributed by atoms with Crippen molar-refractivity contribution >= 4 is 22.4 Å². The number of hydrogen-bond donors (Lipinski definition) is 1. The van der Waals surface area contributed by atoms with Gasteiger partial charge in [0.2, 0.25) is 0 Å². The van der Waals surface area contributed by atoms with Crippen LogP contribution in [0.3, 0.4) is 0 Å². The monoisotopic (exact) mass is 288 g/mol. The standard InChI is InChI=1S/C15H20N4S/c1-10(2)12-6-4-8-19(12)15-13(14(16)18-20-15)11-5-3-7-17-9-11/h3,5,7,9-10,12H,4,6,8H2,1-2H3,(H2,16,18). The van der Waals surface area contributed by atoms with E-state index in [-0.39, 0.29) is 0 Å². The van der Waals surface area contributed by atoms with E-state index in [1.165, 1.54) is 29.4 Å². The molecule has 0 spiro atoms. The molecule has 3 rings (SSSR count). The first-order valence-corrected chi connectivity index (χ1v) is 7.88. The summed E-state index contributed by atoms with van der Waals surface area (Å²) in [5, 5.41) is 1.20. The summed E-state index contributed by atoms with van der Waals surface area (Å²) in [6.07, 6.45) is 6.14. The summed E-state index contributed by atoms with van der Waals surface area (Å²) in [5.41, 5.74) is 8.22. The van der Waals surface area contributed by atoms with Gasteiger partial charge in [-0.05, 0) is 36.4 Å². The van der Waals surface area contributed by atoms with E-state index in [0.717, 1.165) is 17.7 Å². The van der Waals surface area contributed by atoms with Crippen LogP contribution in [0.2, 0.25) is 0 Å². The predicted octanol–water partition coefficient (Wildman–Crippen LogP) is 3.41. The fourth-order valence-electron chi connectivity index (χ4n) is 3.01. The third-order valence-electron chi connectivity index (χ3n) is 3.98. The van der Waals surface area contributed by atoms with Crippen molar-refractivity contribution < 1.29 is 0 Å².